The number of phosphoric ester groups is 1. The molecule has 0 amide bonds. The summed E-state index contributed by atoms with van der Waals surface area (Å²) < 4.78 is 53.8. The van der Waals surface area contributed by atoms with Gasteiger partial charge in [0.2, 0.25) is 0 Å². The van der Waals surface area contributed by atoms with Gasteiger partial charge in [0, 0.05) is 18.6 Å². The Balaban J connectivity index is 2.05. The molecular formula is C18H34B2NO8P3. The predicted molar refractivity (Wildman–Crippen MR) is 129 cm³/mol. The molecule has 2 aliphatic rings. The molecule has 2 fully saturated rings. The Bertz CT molecular complexity index is 644. The van der Waals surface area contributed by atoms with Gasteiger partial charge < -0.3 is 18.9 Å². The molecule has 0 aromatic carbocycles. The second-order valence-corrected chi connectivity index (χ2v) is 10.2. The first kappa shape index (κ1) is 28.7. The largest absolute Gasteiger partial charge is 0.475 e. The second kappa shape index (κ2) is 14.7. The Hall–Kier alpha value is 0.430. The third kappa shape index (κ3) is 9.23. The number of ether oxygens (including phenoxy) is 4. The van der Waals surface area contributed by atoms with E-state index in [1.807, 2.05) is 40.8 Å². The average molecular weight is 507 g/mol. The fourth-order valence-electron chi connectivity index (χ4n) is 3.46. The third-order valence-corrected chi connectivity index (χ3v) is 7.34. The third-order valence-electron chi connectivity index (χ3n) is 4.99. The molecule has 2 aliphatic heterocycles. The van der Waals surface area contributed by atoms with Crippen LogP contribution in [0.5, 0.6) is 0 Å². The van der Waals surface area contributed by atoms with E-state index in [0.29, 0.717) is 26.1 Å². The fourth-order valence-corrected chi connectivity index (χ4v) is 5.35. The standard InChI is InChI=1S/C18H34B2NO8P3/c1-4-23-13-8-17(19-30)28-16(13)11-26-32(22,25-7-5-6-21)29-14-9-18(20-31)27-15(14)10-24-12(2)3/h12-18H,4-5,7-11,30-31H2,1-3H3. The van der Waals surface area contributed by atoms with Crippen LogP contribution in [-0.2, 0) is 37.1 Å². The molecule has 14 heteroatoms. The normalized spacial score (nSPS) is 32.0. The first-order valence-electron chi connectivity index (χ1n) is 10.9. The van der Waals surface area contributed by atoms with E-state index in [2.05, 4.69) is 18.2 Å². The first-order chi connectivity index (χ1) is 15.3. The van der Waals surface area contributed by atoms with Gasteiger partial charge in [-0.3, -0.25) is 13.6 Å². The summed E-state index contributed by atoms with van der Waals surface area (Å²) >= 11 is 0. The Kier molecular flexibility index (Phi) is 13.2. The van der Waals surface area contributed by atoms with Crippen molar-refractivity contribution in [1.29, 1.82) is 5.26 Å². The van der Waals surface area contributed by atoms with Crippen molar-refractivity contribution >= 4 is 40.1 Å². The van der Waals surface area contributed by atoms with Gasteiger partial charge in [0.25, 0.3) is 0 Å². The van der Waals surface area contributed by atoms with Crippen LogP contribution in [0.15, 0.2) is 0 Å². The predicted octanol–water partition coefficient (Wildman–Crippen LogP) is 2.48. The lowest BCUT2D eigenvalue weighted by atomic mass is 9.94. The molecule has 9 unspecified atom stereocenters. The van der Waals surface area contributed by atoms with Crippen LogP contribution in [-0.4, -0.2) is 83.0 Å². The lowest BCUT2D eigenvalue weighted by Gasteiger charge is -2.26. The summed E-state index contributed by atoms with van der Waals surface area (Å²) in [5.74, 6) is 0. The van der Waals surface area contributed by atoms with E-state index in [9.17, 15) is 4.57 Å². The second-order valence-electron chi connectivity index (χ2n) is 7.79. The number of nitrogens with zero attached hydrogens (tertiary/aromatic N) is 1. The SMILES string of the molecule is CCOC1CC([B]P)OC1COP(=O)(OCCC#N)OC1CC([B]P)OC1COC(C)C. The zero-order valence-corrected chi connectivity index (χ0v) is 22.2. The van der Waals surface area contributed by atoms with Crippen molar-refractivity contribution in [3.63, 3.8) is 0 Å². The summed E-state index contributed by atoms with van der Waals surface area (Å²) in [5.41, 5.74) is 0. The van der Waals surface area contributed by atoms with E-state index in [0.717, 1.165) is 0 Å². The number of rotatable bonds is 15. The molecule has 0 N–H and O–H groups in total. The van der Waals surface area contributed by atoms with Crippen LogP contribution < -0.4 is 0 Å². The molecule has 9 atom stereocenters. The molecule has 0 aromatic heterocycles. The van der Waals surface area contributed by atoms with Crippen LogP contribution in [0.2, 0.25) is 0 Å². The van der Waals surface area contributed by atoms with Crippen LogP contribution >= 0.6 is 26.1 Å². The lowest BCUT2D eigenvalue weighted by molar-refractivity contribution is -0.0575. The highest BCUT2D eigenvalue weighted by atomic mass is 31.2. The van der Waals surface area contributed by atoms with E-state index in [1.165, 1.54) is 0 Å². The highest BCUT2D eigenvalue weighted by Gasteiger charge is 2.43. The Morgan fingerprint density at radius 2 is 1.72 bits per heavy atom. The van der Waals surface area contributed by atoms with Crippen molar-refractivity contribution in [2.24, 2.45) is 0 Å². The molecule has 2 saturated heterocycles. The lowest BCUT2D eigenvalue weighted by Crippen LogP contribution is -2.32. The highest BCUT2D eigenvalue weighted by molar-refractivity contribution is 7.56. The molecule has 0 aromatic rings. The summed E-state index contributed by atoms with van der Waals surface area (Å²) in [6, 6.07) is 1.69. The Morgan fingerprint density at radius 1 is 1.09 bits per heavy atom. The number of hydrogen-bond acceptors (Lipinski definition) is 9. The number of nitriles is 1. The van der Waals surface area contributed by atoms with Gasteiger partial charge in [-0.15, -0.1) is 0 Å². The molecule has 0 bridgehead atoms. The van der Waals surface area contributed by atoms with Gasteiger partial charge in [-0.05, 0) is 33.6 Å². The van der Waals surface area contributed by atoms with Gasteiger partial charge in [0.05, 0.1) is 50.6 Å². The first-order valence-corrected chi connectivity index (χ1v) is 13.7. The zero-order valence-electron chi connectivity index (χ0n) is 19.0. The van der Waals surface area contributed by atoms with E-state index in [4.69, 9.17) is 37.8 Å². The maximum atomic E-state index is 13.5. The van der Waals surface area contributed by atoms with Gasteiger partial charge in [0.15, 0.2) is 14.0 Å². The number of hydrogen-bond donors (Lipinski definition) is 0. The molecule has 0 saturated carbocycles. The quantitative estimate of drug-likeness (QED) is 0.188. The average Bonchev–Trinajstić information content (AvgIpc) is 3.34. The van der Waals surface area contributed by atoms with Crippen LogP contribution in [0.4, 0.5) is 0 Å². The minimum Gasteiger partial charge on any atom is -0.378 e. The fraction of sp³-hybridized carbons (Fsp3) is 0.944. The van der Waals surface area contributed by atoms with Gasteiger partial charge in [-0.2, -0.15) is 23.5 Å². The summed E-state index contributed by atoms with van der Waals surface area (Å²) in [7, 11) is 1.06. The van der Waals surface area contributed by atoms with E-state index >= 15 is 0 Å². The molecule has 9 nitrogen and oxygen atoms in total. The van der Waals surface area contributed by atoms with Crippen molar-refractivity contribution < 1.29 is 37.1 Å². The molecule has 0 aliphatic carbocycles. The summed E-state index contributed by atoms with van der Waals surface area (Å²) in [5, 5.41) is 8.84. The molecule has 2 heterocycles. The van der Waals surface area contributed by atoms with Crippen LogP contribution in [0, 0.1) is 11.3 Å². The van der Waals surface area contributed by atoms with Gasteiger partial charge in [-0.1, -0.05) is 0 Å². The summed E-state index contributed by atoms with van der Waals surface area (Å²) in [6.07, 6.45) is -0.336. The topological polar surface area (TPSA) is 105 Å². The zero-order chi connectivity index (χ0) is 23.6. The molecule has 0 spiro atoms. The van der Waals surface area contributed by atoms with E-state index in [1.54, 1.807) is 0 Å². The smallest absolute Gasteiger partial charge is 0.378 e. The van der Waals surface area contributed by atoms with E-state index in [-0.39, 0.29) is 43.8 Å². The molecule has 32 heavy (non-hydrogen) atoms. The molecular weight excluding hydrogens is 473 g/mol. The minimum atomic E-state index is -4.00. The van der Waals surface area contributed by atoms with E-state index < -0.39 is 26.1 Å². The van der Waals surface area contributed by atoms with Crippen molar-refractivity contribution in [2.75, 3.05) is 26.4 Å². The van der Waals surface area contributed by atoms with Crippen LogP contribution in [0.25, 0.3) is 0 Å². The maximum absolute atomic E-state index is 13.5. The van der Waals surface area contributed by atoms with Gasteiger partial charge in [-0.25, -0.2) is 4.57 Å². The monoisotopic (exact) mass is 507 g/mol. The van der Waals surface area contributed by atoms with Crippen molar-refractivity contribution in [3.05, 3.63) is 0 Å². The number of phosphoric acid groups is 1. The Labute approximate surface area is 197 Å². The van der Waals surface area contributed by atoms with Crippen molar-refractivity contribution in [3.8, 4) is 6.07 Å². The molecule has 180 valence electrons. The molecule has 2 rings (SSSR count). The minimum absolute atomic E-state index is 0.0182. The summed E-state index contributed by atoms with van der Waals surface area (Å²) in [4.78, 5) is 0. The summed E-state index contributed by atoms with van der Waals surface area (Å²) in [6.45, 7) is 10.2. The molecule has 2 radical (unpaired) electrons. The van der Waals surface area contributed by atoms with Crippen LogP contribution in [0.1, 0.15) is 40.0 Å². The van der Waals surface area contributed by atoms with Gasteiger partial charge in [0.1, 0.15) is 12.2 Å². The van der Waals surface area contributed by atoms with Crippen LogP contribution in [0.3, 0.4) is 0 Å². The van der Waals surface area contributed by atoms with Gasteiger partial charge >= 0.3 is 7.82 Å². The maximum Gasteiger partial charge on any atom is 0.475 e. The Morgan fingerprint density at radius 3 is 2.28 bits per heavy atom. The van der Waals surface area contributed by atoms with Crippen molar-refractivity contribution in [1.82, 2.24) is 0 Å². The highest BCUT2D eigenvalue weighted by Crippen LogP contribution is 2.53. The van der Waals surface area contributed by atoms with Crippen molar-refractivity contribution in [2.45, 2.75) is 82.6 Å².